The lowest BCUT2D eigenvalue weighted by Crippen LogP contribution is -2.21. The first kappa shape index (κ1) is 11.2. The SMILES string of the molecule is CCC(=O)Nc1cn(C)nc1C(=O)NC. The molecular weight excluding hydrogens is 196 g/mol. The van der Waals surface area contributed by atoms with Gasteiger partial charge in [-0.3, -0.25) is 14.3 Å². The van der Waals surface area contributed by atoms with E-state index in [1.54, 1.807) is 20.2 Å². The molecule has 6 heteroatoms. The quantitative estimate of drug-likeness (QED) is 0.744. The molecule has 15 heavy (non-hydrogen) atoms. The van der Waals surface area contributed by atoms with E-state index in [1.165, 1.54) is 11.7 Å². The molecule has 0 unspecified atom stereocenters. The van der Waals surface area contributed by atoms with Crippen molar-refractivity contribution in [1.82, 2.24) is 15.1 Å². The lowest BCUT2D eigenvalue weighted by atomic mass is 10.3. The third kappa shape index (κ3) is 2.55. The number of rotatable bonds is 3. The minimum absolute atomic E-state index is 0.145. The Labute approximate surface area is 87.7 Å². The average Bonchev–Trinajstić information content (AvgIpc) is 2.58. The van der Waals surface area contributed by atoms with Crippen LogP contribution in [0, 0.1) is 0 Å². The Morgan fingerprint density at radius 1 is 1.53 bits per heavy atom. The second kappa shape index (κ2) is 4.59. The summed E-state index contributed by atoms with van der Waals surface area (Å²) in [6, 6.07) is 0. The van der Waals surface area contributed by atoms with Gasteiger partial charge in [-0.1, -0.05) is 6.92 Å². The van der Waals surface area contributed by atoms with E-state index in [1.807, 2.05) is 0 Å². The van der Waals surface area contributed by atoms with Gasteiger partial charge in [-0.25, -0.2) is 0 Å². The van der Waals surface area contributed by atoms with Crippen LogP contribution in [-0.4, -0.2) is 28.6 Å². The minimum Gasteiger partial charge on any atom is -0.354 e. The van der Waals surface area contributed by atoms with Gasteiger partial charge in [0, 0.05) is 26.7 Å². The molecule has 1 heterocycles. The van der Waals surface area contributed by atoms with Gasteiger partial charge >= 0.3 is 0 Å². The van der Waals surface area contributed by atoms with Crippen molar-refractivity contribution >= 4 is 17.5 Å². The number of nitrogens with zero attached hydrogens (tertiary/aromatic N) is 2. The topological polar surface area (TPSA) is 76.0 Å². The van der Waals surface area contributed by atoms with Crippen molar-refractivity contribution < 1.29 is 9.59 Å². The van der Waals surface area contributed by atoms with Gasteiger partial charge in [-0.05, 0) is 0 Å². The Morgan fingerprint density at radius 2 is 2.20 bits per heavy atom. The molecule has 2 N–H and O–H groups in total. The molecule has 0 aliphatic rings. The zero-order valence-electron chi connectivity index (χ0n) is 9.00. The lowest BCUT2D eigenvalue weighted by Gasteiger charge is -2.01. The van der Waals surface area contributed by atoms with Crippen LogP contribution in [-0.2, 0) is 11.8 Å². The molecule has 0 aliphatic carbocycles. The van der Waals surface area contributed by atoms with Gasteiger partial charge in [0.1, 0.15) is 0 Å². The first-order chi connectivity index (χ1) is 7.08. The molecule has 0 saturated heterocycles. The Bertz CT molecular complexity index is 383. The van der Waals surface area contributed by atoms with E-state index in [4.69, 9.17) is 0 Å². The van der Waals surface area contributed by atoms with Crippen LogP contribution in [0.2, 0.25) is 0 Å². The first-order valence-corrected chi connectivity index (χ1v) is 4.64. The number of carbonyl (C=O) groups is 2. The molecule has 1 rings (SSSR count). The van der Waals surface area contributed by atoms with Gasteiger partial charge < -0.3 is 10.6 Å². The average molecular weight is 210 g/mol. The van der Waals surface area contributed by atoms with Gasteiger partial charge in [-0.15, -0.1) is 0 Å². The maximum Gasteiger partial charge on any atom is 0.273 e. The van der Waals surface area contributed by atoms with Crippen molar-refractivity contribution in [2.45, 2.75) is 13.3 Å². The molecule has 0 spiro atoms. The minimum atomic E-state index is -0.318. The highest BCUT2D eigenvalue weighted by Crippen LogP contribution is 2.12. The number of nitrogens with one attached hydrogen (secondary N) is 2. The summed E-state index contributed by atoms with van der Waals surface area (Å²) in [6.07, 6.45) is 1.96. The Hall–Kier alpha value is -1.85. The van der Waals surface area contributed by atoms with Crippen molar-refractivity contribution in [2.75, 3.05) is 12.4 Å². The summed E-state index contributed by atoms with van der Waals surface area (Å²) in [6.45, 7) is 1.74. The van der Waals surface area contributed by atoms with Crippen molar-refractivity contribution in [1.29, 1.82) is 0 Å². The summed E-state index contributed by atoms with van der Waals surface area (Å²) < 4.78 is 1.48. The summed E-state index contributed by atoms with van der Waals surface area (Å²) in [7, 11) is 3.20. The van der Waals surface area contributed by atoms with Crippen LogP contribution in [0.15, 0.2) is 6.20 Å². The molecule has 0 radical (unpaired) electrons. The molecule has 2 amide bonds. The standard InChI is InChI=1S/C9H14N4O2/c1-4-7(14)11-6-5-13(3)12-8(6)9(15)10-2/h5H,4H2,1-3H3,(H,10,15)(H,11,14). The van der Waals surface area contributed by atoms with E-state index in [2.05, 4.69) is 15.7 Å². The molecule has 0 bridgehead atoms. The Balaban J connectivity index is 2.96. The molecule has 6 nitrogen and oxygen atoms in total. The van der Waals surface area contributed by atoms with E-state index in [9.17, 15) is 9.59 Å². The van der Waals surface area contributed by atoms with E-state index < -0.39 is 0 Å². The lowest BCUT2D eigenvalue weighted by molar-refractivity contribution is -0.115. The summed E-state index contributed by atoms with van der Waals surface area (Å²) in [4.78, 5) is 22.6. The largest absolute Gasteiger partial charge is 0.354 e. The number of aromatic nitrogens is 2. The number of carbonyl (C=O) groups excluding carboxylic acids is 2. The maximum atomic E-state index is 11.4. The molecule has 1 aromatic heterocycles. The second-order valence-corrected chi connectivity index (χ2v) is 3.05. The zero-order valence-corrected chi connectivity index (χ0v) is 9.00. The Morgan fingerprint density at radius 3 is 2.73 bits per heavy atom. The van der Waals surface area contributed by atoms with Crippen LogP contribution in [0.5, 0.6) is 0 Å². The number of hydrogen-bond acceptors (Lipinski definition) is 3. The van der Waals surface area contributed by atoms with Crippen molar-refractivity contribution in [3.05, 3.63) is 11.9 Å². The summed E-state index contributed by atoms with van der Waals surface area (Å²) in [5, 5.41) is 9.03. The van der Waals surface area contributed by atoms with Crippen LogP contribution in [0.25, 0.3) is 0 Å². The van der Waals surface area contributed by atoms with Crippen LogP contribution in [0.4, 0.5) is 5.69 Å². The fraction of sp³-hybridized carbons (Fsp3) is 0.444. The summed E-state index contributed by atoms with van der Waals surface area (Å²) in [5.74, 6) is -0.463. The number of hydrogen-bond donors (Lipinski definition) is 2. The highest BCUT2D eigenvalue weighted by Gasteiger charge is 2.15. The fourth-order valence-corrected chi connectivity index (χ4v) is 1.10. The second-order valence-electron chi connectivity index (χ2n) is 3.05. The number of anilines is 1. The Kier molecular flexibility index (Phi) is 3.43. The number of aryl methyl sites for hydroxylation is 1. The molecule has 0 atom stereocenters. The third-order valence-electron chi connectivity index (χ3n) is 1.87. The van der Waals surface area contributed by atoms with Gasteiger partial charge in [0.2, 0.25) is 5.91 Å². The van der Waals surface area contributed by atoms with Gasteiger partial charge in [0.25, 0.3) is 5.91 Å². The van der Waals surface area contributed by atoms with Gasteiger partial charge in [0.05, 0.1) is 5.69 Å². The molecule has 82 valence electrons. The highest BCUT2D eigenvalue weighted by molar-refractivity contribution is 6.01. The summed E-state index contributed by atoms with van der Waals surface area (Å²) >= 11 is 0. The van der Waals surface area contributed by atoms with E-state index >= 15 is 0 Å². The van der Waals surface area contributed by atoms with Crippen LogP contribution in [0.1, 0.15) is 23.8 Å². The first-order valence-electron chi connectivity index (χ1n) is 4.64. The maximum absolute atomic E-state index is 11.4. The monoisotopic (exact) mass is 210 g/mol. The predicted molar refractivity (Wildman–Crippen MR) is 55.5 cm³/mol. The molecule has 0 aliphatic heterocycles. The molecule has 0 fully saturated rings. The van der Waals surface area contributed by atoms with Gasteiger partial charge in [0.15, 0.2) is 5.69 Å². The highest BCUT2D eigenvalue weighted by atomic mass is 16.2. The molecular formula is C9H14N4O2. The smallest absolute Gasteiger partial charge is 0.273 e. The van der Waals surface area contributed by atoms with Crippen LogP contribution >= 0.6 is 0 Å². The van der Waals surface area contributed by atoms with Crippen molar-refractivity contribution in [3.8, 4) is 0 Å². The van der Waals surface area contributed by atoms with Crippen LogP contribution in [0.3, 0.4) is 0 Å². The van der Waals surface area contributed by atoms with Gasteiger partial charge in [-0.2, -0.15) is 5.10 Å². The summed E-state index contributed by atoms with van der Waals surface area (Å²) in [5.41, 5.74) is 0.658. The molecule has 0 saturated carbocycles. The van der Waals surface area contributed by atoms with E-state index in [-0.39, 0.29) is 17.5 Å². The van der Waals surface area contributed by atoms with Crippen molar-refractivity contribution in [3.63, 3.8) is 0 Å². The third-order valence-corrected chi connectivity index (χ3v) is 1.87. The normalized spacial score (nSPS) is 9.80. The molecule has 0 aromatic carbocycles. The number of amides is 2. The fourth-order valence-electron chi connectivity index (χ4n) is 1.10. The van der Waals surface area contributed by atoms with Crippen molar-refractivity contribution in [2.24, 2.45) is 7.05 Å². The zero-order chi connectivity index (χ0) is 11.4. The van der Waals surface area contributed by atoms with Crippen LogP contribution < -0.4 is 10.6 Å². The van der Waals surface area contributed by atoms with E-state index in [0.29, 0.717) is 12.1 Å². The predicted octanol–water partition coefficient (Wildman–Crippen LogP) is 0.128. The van der Waals surface area contributed by atoms with E-state index in [0.717, 1.165) is 0 Å². The molecule has 1 aromatic rings.